The first-order valence-electron chi connectivity index (χ1n) is 3.94. The quantitative estimate of drug-likeness (QED) is 0.466. The molecule has 0 unspecified atom stereocenters. The molecule has 0 atom stereocenters. The van der Waals surface area contributed by atoms with Gasteiger partial charge in [0.25, 0.3) is 5.70 Å². The molecule has 0 bridgehead atoms. The highest BCUT2D eigenvalue weighted by Crippen LogP contribution is 2.13. The molecule has 0 heterocycles. The maximum absolute atomic E-state index is 10.4. The van der Waals surface area contributed by atoms with Crippen LogP contribution in [0.5, 0.6) is 0 Å². The van der Waals surface area contributed by atoms with E-state index < -0.39 is 0 Å². The van der Waals surface area contributed by atoms with E-state index in [1.54, 1.807) is 12.2 Å². The fraction of sp³-hybridized carbons (Fsp3) is 0.333. The molecule has 1 aliphatic carbocycles. The Kier molecular flexibility index (Phi) is 2.80. The third-order valence-electron chi connectivity index (χ3n) is 1.82. The second kappa shape index (κ2) is 3.85. The van der Waals surface area contributed by atoms with Crippen molar-refractivity contribution in [3.05, 3.63) is 45.7 Å². The van der Waals surface area contributed by atoms with Crippen LogP contribution in [-0.2, 0) is 0 Å². The van der Waals surface area contributed by atoms with E-state index in [1.165, 1.54) is 5.57 Å². The lowest BCUT2D eigenvalue weighted by molar-refractivity contribution is -0.419. The summed E-state index contributed by atoms with van der Waals surface area (Å²) in [5, 5.41) is 10.4. The van der Waals surface area contributed by atoms with Crippen molar-refractivity contribution in [2.75, 3.05) is 0 Å². The first-order chi connectivity index (χ1) is 5.74. The molecule has 0 aliphatic heterocycles. The largest absolute Gasteiger partial charge is 0.269 e. The highest BCUT2D eigenvalue weighted by molar-refractivity contribution is 5.26. The van der Waals surface area contributed by atoms with Crippen LogP contribution in [0.15, 0.2) is 35.6 Å². The molecule has 0 fully saturated rings. The lowest BCUT2D eigenvalue weighted by Gasteiger charge is -1.93. The first-order valence-corrected chi connectivity index (χ1v) is 3.94. The van der Waals surface area contributed by atoms with Gasteiger partial charge in [0.2, 0.25) is 0 Å². The van der Waals surface area contributed by atoms with Gasteiger partial charge in [-0.1, -0.05) is 24.6 Å². The molecule has 0 spiro atoms. The van der Waals surface area contributed by atoms with Crippen molar-refractivity contribution in [3.63, 3.8) is 0 Å². The van der Waals surface area contributed by atoms with Crippen molar-refractivity contribution in [2.45, 2.75) is 19.8 Å². The lowest BCUT2D eigenvalue weighted by atomic mass is 10.1. The van der Waals surface area contributed by atoms with E-state index in [1.807, 2.05) is 19.1 Å². The zero-order valence-electron chi connectivity index (χ0n) is 6.99. The van der Waals surface area contributed by atoms with Crippen molar-refractivity contribution < 1.29 is 4.92 Å². The number of hydrogen-bond donors (Lipinski definition) is 0. The van der Waals surface area contributed by atoms with Crippen LogP contribution < -0.4 is 0 Å². The van der Waals surface area contributed by atoms with E-state index in [4.69, 9.17) is 0 Å². The fourth-order valence-corrected chi connectivity index (χ4v) is 1.04. The maximum atomic E-state index is 10.4. The van der Waals surface area contributed by atoms with Crippen LogP contribution in [0.25, 0.3) is 0 Å². The van der Waals surface area contributed by atoms with Gasteiger partial charge in [-0.25, -0.2) is 0 Å². The van der Waals surface area contributed by atoms with Gasteiger partial charge in [0.05, 0.1) is 4.92 Å². The molecule has 0 aromatic rings. The molecule has 0 saturated heterocycles. The highest BCUT2D eigenvalue weighted by atomic mass is 16.6. The summed E-state index contributed by atoms with van der Waals surface area (Å²) in [6.45, 7) is 2.05. The maximum Gasteiger partial charge on any atom is 0.269 e. The van der Waals surface area contributed by atoms with Gasteiger partial charge in [-0.15, -0.1) is 0 Å². The Morgan fingerprint density at radius 3 is 2.92 bits per heavy atom. The summed E-state index contributed by atoms with van der Waals surface area (Å²) in [5.41, 5.74) is 1.39. The van der Waals surface area contributed by atoms with Crippen LogP contribution in [0.3, 0.4) is 0 Å². The molecule has 3 heteroatoms. The second-order valence-electron chi connectivity index (χ2n) is 2.63. The summed E-state index contributed by atoms with van der Waals surface area (Å²) < 4.78 is 0. The third-order valence-corrected chi connectivity index (χ3v) is 1.82. The van der Waals surface area contributed by atoms with Gasteiger partial charge < -0.3 is 0 Å². The van der Waals surface area contributed by atoms with E-state index in [2.05, 4.69) is 0 Å². The highest BCUT2D eigenvalue weighted by Gasteiger charge is 2.06. The molecule has 3 nitrogen and oxygen atoms in total. The molecule has 64 valence electrons. The normalized spacial score (nSPS) is 16.4. The molecule has 0 aromatic heterocycles. The Labute approximate surface area is 71.2 Å². The summed E-state index contributed by atoms with van der Waals surface area (Å²) in [4.78, 5) is 9.99. The molecule has 0 N–H and O–H groups in total. The summed E-state index contributed by atoms with van der Waals surface area (Å²) >= 11 is 0. The van der Waals surface area contributed by atoms with Crippen molar-refractivity contribution >= 4 is 0 Å². The lowest BCUT2D eigenvalue weighted by Crippen LogP contribution is -1.93. The molecule has 0 amide bonds. The van der Waals surface area contributed by atoms with Crippen LogP contribution in [0.4, 0.5) is 0 Å². The smallest absolute Gasteiger partial charge is 0.258 e. The Bertz CT molecular complexity index is 274. The van der Waals surface area contributed by atoms with Gasteiger partial charge in [0.1, 0.15) is 0 Å². The Morgan fingerprint density at radius 1 is 1.58 bits per heavy atom. The number of nitro groups is 1. The van der Waals surface area contributed by atoms with Crippen molar-refractivity contribution in [2.24, 2.45) is 0 Å². The van der Waals surface area contributed by atoms with E-state index in [0.717, 1.165) is 12.8 Å². The molecule has 12 heavy (non-hydrogen) atoms. The van der Waals surface area contributed by atoms with Crippen LogP contribution >= 0.6 is 0 Å². The van der Waals surface area contributed by atoms with Crippen molar-refractivity contribution in [1.82, 2.24) is 0 Å². The molecule has 0 saturated carbocycles. The number of nitrogens with zero attached hydrogens (tertiary/aromatic N) is 1. The predicted octanol–water partition coefficient (Wildman–Crippen LogP) is 2.44. The zero-order valence-corrected chi connectivity index (χ0v) is 6.99. The van der Waals surface area contributed by atoms with Gasteiger partial charge in [-0.3, -0.25) is 10.1 Å². The summed E-state index contributed by atoms with van der Waals surface area (Å²) in [5.74, 6) is 0. The molecule has 1 rings (SSSR count). The van der Waals surface area contributed by atoms with Gasteiger partial charge >= 0.3 is 0 Å². The predicted molar refractivity (Wildman–Crippen MR) is 47.2 cm³/mol. The average Bonchev–Trinajstić information content (AvgIpc) is 2.28. The first kappa shape index (κ1) is 8.71. The third kappa shape index (κ3) is 2.05. The Hall–Kier alpha value is -1.38. The van der Waals surface area contributed by atoms with E-state index in [0.29, 0.717) is 0 Å². The topological polar surface area (TPSA) is 43.1 Å². The minimum absolute atomic E-state index is 0.165. The van der Waals surface area contributed by atoms with E-state index in [9.17, 15) is 10.1 Å². The SMILES string of the molecule is CCC1=CC=C([N+](=O)[O-])C=CC1. The molecular weight excluding hydrogens is 154 g/mol. The number of allylic oxidation sites excluding steroid dienone is 5. The Morgan fingerprint density at radius 2 is 2.33 bits per heavy atom. The summed E-state index contributed by atoms with van der Waals surface area (Å²) in [7, 11) is 0. The second-order valence-corrected chi connectivity index (χ2v) is 2.63. The monoisotopic (exact) mass is 165 g/mol. The van der Waals surface area contributed by atoms with Crippen LogP contribution in [0.2, 0.25) is 0 Å². The zero-order chi connectivity index (χ0) is 8.97. The minimum atomic E-state index is -0.369. The summed E-state index contributed by atoms with van der Waals surface area (Å²) in [6, 6.07) is 0. The standard InChI is InChI=1S/C9H11NO2/c1-2-8-4-3-5-9(7-6-8)10(11)12/h3,5-7H,2,4H2,1H3. The Balaban J connectivity index is 2.85. The van der Waals surface area contributed by atoms with Gasteiger partial charge in [-0.2, -0.15) is 0 Å². The van der Waals surface area contributed by atoms with Crippen molar-refractivity contribution in [1.29, 1.82) is 0 Å². The van der Waals surface area contributed by atoms with Gasteiger partial charge in [0.15, 0.2) is 0 Å². The average molecular weight is 165 g/mol. The van der Waals surface area contributed by atoms with Crippen LogP contribution in [-0.4, -0.2) is 4.92 Å². The number of hydrogen-bond acceptors (Lipinski definition) is 2. The van der Waals surface area contributed by atoms with Gasteiger partial charge in [0, 0.05) is 12.2 Å². The molecule has 0 aromatic carbocycles. The van der Waals surface area contributed by atoms with Crippen LogP contribution in [0, 0.1) is 10.1 Å². The van der Waals surface area contributed by atoms with Crippen LogP contribution in [0.1, 0.15) is 19.8 Å². The molecular formula is C9H11NO2. The van der Waals surface area contributed by atoms with Crippen molar-refractivity contribution in [3.8, 4) is 0 Å². The van der Waals surface area contributed by atoms with Gasteiger partial charge in [-0.05, 0) is 12.8 Å². The minimum Gasteiger partial charge on any atom is -0.258 e. The fourth-order valence-electron chi connectivity index (χ4n) is 1.04. The summed E-state index contributed by atoms with van der Waals surface area (Å²) in [6.07, 6.45) is 8.55. The van der Waals surface area contributed by atoms with E-state index >= 15 is 0 Å². The molecule has 0 radical (unpaired) electrons. The number of rotatable bonds is 2. The molecule has 1 aliphatic rings. The van der Waals surface area contributed by atoms with E-state index in [-0.39, 0.29) is 10.6 Å².